The number of hydrogen-bond donors (Lipinski definition) is 1. The van der Waals surface area contributed by atoms with Crippen LogP contribution in [0.5, 0.6) is 5.75 Å². The van der Waals surface area contributed by atoms with Crippen molar-refractivity contribution in [3.8, 4) is 5.75 Å². The fourth-order valence-electron chi connectivity index (χ4n) is 2.28. The maximum Gasteiger partial charge on any atom is 0.233 e. The molecule has 23 heavy (non-hydrogen) atoms. The molecule has 0 fully saturated rings. The van der Waals surface area contributed by atoms with E-state index in [1.54, 1.807) is 18.9 Å². The highest BCUT2D eigenvalue weighted by molar-refractivity contribution is 8.00. The number of hydrogen-bond acceptors (Lipinski definition) is 3. The number of carbonyl (C=O) groups excluding carboxylic acids is 1. The van der Waals surface area contributed by atoms with Crippen molar-refractivity contribution < 1.29 is 9.53 Å². The average Bonchev–Trinajstić information content (AvgIpc) is 2.54. The first-order valence-electron chi connectivity index (χ1n) is 7.64. The Labute approximate surface area is 142 Å². The van der Waals surface area contributed by atoms with Crippen LogP contribution in [0.15, 0.2) is 47.4 Å². The summed E-state index contributed by atoms with van der Waals surface area (Å²) in [5.74, 6) is 0.868. The van der Waals surface area contributed by atoms with Gasteiger partial charge in [0.25, 0.3) is 0 Å². The first-order chi connectivity index (χ1) is 11.0. The van der Waals surface area contributed by atoms with Crippen molar-refractivity contribution in [1.29, 1.82) is 0 Å². The molecule has 1 amide bonds. The van der Waals surface area contributed by atoms with Crippen LogP contribution < -0.4 is 10.1 Å². The monoisotopic (exact) mass is 329 g/mol. The molecule has 0 aliphatic rings. The third kappa shape index (κ3) is 5.03. The van der Waals surface area contributed by atoms with Crippen molar-refractivity contribution in [2.24, 2.45) is 0 Å². The lowest BCUT2D eigenvalue weighted by molar-refractivity contribution is -0.120. The molecule has 0 aromatic heterocycles. The van der Waals surface area contributed by atoms with Gasteiger partial charge in [-0.05, 0) is 56.2 Å². The predicted molar refractivity (Wildman–Crippen MR) is 96.1 cm³/mol. The van der Waals surface area contributed by atoms with Gasteiger partial charge >= 0.3 is 0 Å². The summed E-state index contributed by atoms with van der Waals surface area (Å²) in [5, 5.41) is 2.87. The molecular formula is C19H23NO2S. The molecule has 0 radical (unpaired) electrons. The second-order valence-electron chi connectivity index (χ2n) is 5.58. The summed E-state index contributed by atoms with van der Waals surface area (Å²) in [6, 6.07) is 14.0. The Hall–Kier alpha value is -1.94. The summed E-state index contributed by atoms with van der Waals surface area (Å²) in [7, 11) is 1.64. The van der Waals surface area contributed by atoms with Gasteiger partial charge in [-0.25, -0.2) is 0 Å². The number of benzene rings is 2. The highest BCUT2D eigenvalue weighted by Gasteiger charge is 2.14. The molecule has 3 nitrogen and oxygen atoms in total. The predicted octanol–water partition coefficient (Wildman–Crippen LogP) is 4.11. The molecule has 0 saturated heterocycles. The van der Waals surface area contributed by atoms with E-state index in [9.17, 15) is 4.79 Å². The van der Waals surface area contributed by atoms with Gasteiger partial charge in [-0.1, -0.05) is 23.8 Å². The average molecular weight is 329 g/mol. The lowest BCUT2D eigenvalue weighted by atomic mass is 10.1. The van der Waals surface area contributed by atoms with Gasteiger partial charge in [0.15, 0.2) is 0 Å². The van der Waals surface area contributed by atoms with Gasteiger partial charge in [-0.15, -0.1) is 11.8 Å². The smallest absolute Gasteiger partial charge is 0.233 e. The summed E-state index contributed by atoms with van der Waals surface area (Å²) in [6.07, 6.45) is 0. The molecule has 2 aromatic rings. The minimum atomic E-state index is -0.144. The fourth-order valence-corrected chi connectivity index (χ4v) is 3.17. The first kappa shape index (κ1) is 17.4. The number of methoxy groups -OCH3 is 1. The first-order valence-corrected chi connectivity index (χ1v) is 8.52. The minimum absolute atomic E-state index is 0.0470. The number of rotatable bonds is 6. The van der Waals surface area contributed by atoms with E-state index >= 15 is 0 Å². The van der Waals surface area contributed by atoms with Crippen LogP contribution >= 0.6 is 11.8 Å². The van der Waals surface area contributed by atoms with Crippen LogP contribution in [0.3, 0.4) is 0 Å². The third-order valence-electron chi connectivity index (χ3n) is 3.69. The van der Waals surface area contributed by atoms with Crippen LogP contribution in [0.25, 0.3) is 0 Å². The highest BCUT2D eigenvalue weighted by atomic mass is 32.2. The summed E-state index contributed by atoms with van der Waals surface area (Å²) in [6.45, 7) is 6.64. The van der Waals surface area contributed by atoms with Crippen molar-refractivity contribution >= 4 is 17.7 Å². The molecule has 0 aliphatic heterocycles. The molecular weight excluding hydrogens is 306 g/mol. The summed E-state index contributed by atoms with van der Waals surface area (Å²) in [4.78, 5) is 13.3. The molecule has 1 atom stereocenters. The van der Waals surface area contributed by atoms with Crippen molar-refractivity contribution in [2.45, 2.75) is 37.5 Å². The molecule has 0 bridgehead atoms. The molecule has 0 spiro atoms. The number of ether oxygens (including phenoxy) is 1. The van der Waals surface area contributed by atoms with Crippen LogP contribution in [0.4, 0.5) is 0 Å². The molecule has 1 N–H and O–H groups in total. The topological polar surface area (TPSA) is 38.3 Å². The molecule has 0 aliphatic carbocycles. The summed E-state index contributed by atoms with van der Waals surface area (Å²) >= 11 is 1.55. The number of aryl methyl sites for hydroxylation is 2. The van der Waals surface area contributed by atoms with Crippen LogP contribution in [0.1, 0.15) is 23.6 Å². The maximum absolute atomic E-state index is 12.3. The molecule has 0 saturated carbocycles. The summed E-state index contributed by atoms with van der Waals surface area (Å²) < 4.78 is 5.14. The second-order valence-corrected chi connectivity index (χ2v) is 7.00. The van der Waals surface area contributed by atoms with Gasteiger partial charge in [0.1, 0.15) is 5.75 Å². The van der Waals surface area contributed by atoms with Crippen LogP contribution in [0, 0.1) is 13.8 Å². The van der Waals surface area contributed by atoms with E-state index in [2.05, 4.69) is 37.4 Å². The quantitative estimate of drug-likeness (QED) is 0.811. The van der Waals surface area contributed by atoms with E-state index in [1.165, 1.54) is 11.1 Å². The lowest BCUT2D eigenvalue weighted by Gasteiger charge is -2.13. The Bertz CT molecular complexity index is 668. The van der Waals surface area contributed by atoms with Crippen molar-refractivity contribution in [1.82, 2.24) is 5.32 Å². The maximum atomic E-state index is 12.3. The second kappa shape index (κ2) is 8.06. The molecule has 1 unspecified atom stereocenters. The molecule has 122 valence electrons. The van der Waals surface area contributed by atoms with Crippen molar-refractivity contribution in [2.75, 3.05) is 7.11 Å². The van der Waals surface area contributed by atoms with Crippen LogP contribution in [-0.4, -0.2) is 18.3 Å². The Morgan fingerprint density at radius 3 is 2.48 bits per heavy atom. The van der Waals surface area contributed by atoms with Gasteiger partial charge in [-0.3, -0.25) is 4.79 Å². The normalized spacial score (nSPS) is 11.8. The van der Waals surface area contributed by atoms with E-state index < -0.39 is 0 Å². The number of carbonyl (C=O) groups is 1. The van der Waals surface area contributed by atoms with E-state index in [1.807, 2.05) is 31.2 Å². The molecule has 0 heterocycles. The Kier molecular flexibility index (Phi) is 6.11. The molecule has 4 heteroatoms. The van der Waals surface area contributed by atoms with Gasteiger partial charge in [-0.2, -0.15) is 0 Å². The van der Waals surface area contributed by atoms with Crippen LogP contribution in [-0.2, 0) is 11.3 Å². The zero-order chi connectivity index (χ0) is 16.8. The zero-order valence-electron chi connectivity index (χ0n) is 14.1. The Balaban J connectivity index is 1.89. The lowest BCUT2D eigenvalue weighted by Crippen LogP contribution is -2.30. The zero-order valence-corrected chi connectivity index (χ0v) is 14.9. The van der Waals surface area contributed by atoms with Crippen molar-refractivity contribution in [3.05, 3.63) is 59.2 Å². The third-order valence-corrected chi connectivity index (χ3v) is 4.80. The van der Waals surface area contributed by atoms with Crippen LogP contribution in [0.2, 0.25) is 0 Å². The summed E-state index contributed by atoms with van der Waals surface area (Å²) in [5.41, 5.74) is 3.60. The number of thioether (sulfide) groups is 1. The van der Waals surface area contributed by atoms with Gasteiger partial charge < -0.3 is 10.1 Å². The van der Waals surface area contributed by atoms with Gasteiger partial charge in [0.05, 0.1) is 12.4 Å². The molecule has 2 aromatic carbocycles. The Morgan fingerprint density at radius 2 is 1.87 bits per heavy atom. The number of nitrogens with one attached hydrogen (secondary N) is 1. The SMILES string of the molecule is COc1ccc(SC(C)C(=O)NCc2ccc(C)cc2C)cc1. The van der Waals surface area contributed by atoms with Crippen molar-refractivity contribution in [3.63, 3.8) is 0 Å². The van der Waals surface area contributed by atoms with Gasteiger partial charge in [0.2, 0.25) is 5.91 Å². The van der Waals surface area contributed by atoms with E-state index in [-0.39, 0.29) is 11.2 Å². The van der Waals surface area contributed by atoms with E-state index in [4.69, 9.17) is 4.74 Å². The van der Waals surface area contributed by atoms with Gasteiger partial charge in [0, 0.05) is 11.4 Å². The largest absolute Gasteiger partial charge is 0.497 e. The minimum Gasteiger partial charge on any atom is -0.497 e. The highest BCUT2D eigenvalue weighted by Crippen LogP contribution is 2.25. The van der Waals surface area contributed by atoms with E-state index in [0.29, 0.717) is 6.54 Å². The van der Waals surface area contributed by atoms with E-state index in [0.717, 1.165) is 16.2 Å². The standard InChI is InChI=1S/C19H23NO2S/c1-13-5-6-16(14(2)11-13)12-20-19(21)15(3)23-18-9-7-17(22-4)8-10-18/h5-11,15H,12H2,1-4H3,(H,20,21). The molecule has 2 rings (SSSR count). The number of amides is 1. The fraction of sp³-hybridized carbons (Fsp3) is 0.316. The Morgan fingerprint density at radius 1 is 1.17 bits per heavy atom.